The molecule has 1 aliphatic rings. The maximum absolute atomic E-state index is 11.3. The molecule has 0 spiro atoms. The molecule has 0 amide bonds. The van der Waals surface area contributed by atoms with Gasteiger partial charge in [-0.1, -0.05) is 109 Å². The van der Waals surface area contributed by atoms with Crippen molar-refractivity contribution in [3.8, 4) is 0 Å². The van der Waals surface area contributed by atoms with Gasteiger partial charge in [0.1, 0.15) is 5.76 Å². The van der Waals surface area contributed by atoms with Crippen LogP contribution >= 0.6 is 15.9 Å². The molecule has 142 valence electrons. The van der Waals surface area contributed by atoms with Crippen LogP contribution in [0.15, 0.2) is 83.6 Å². The first-order chi connectivity index (χ1) is 12.8. The molecule has 1 aliphatic carbocycles. The summed E-state index contributed by atoms with van der Waals surface area (Å²) in [5.41, 5.74) is 4.44. The van der Waals surface area contributed by atoms with Crippen LogP contribution in [0.5, 0.6) is 0 Å². The molecule has 2 heteroatoms. The van der Waals surface area contributed by atoms with E-state index in [-0.39, 0.29) is 11.3 Å². The maximum Gasteiger partial charge on any atom is 0.101 e. The van der Waals surface area contributed by atoms with Crippen molar-refractivity contribution in [2.45, 2.75) is 39.5 Å². The summed E-state index contributed by atoms with van der Waals surface area (Å²) in [7, 11) is 0. The molecule has 1 atom stereocenters. The Hall–Kier alpha value is -1.80. The number of aliphatic hydroxyl groups is 1. The fourth-order valence-electron chi connectivity index (χ4n) is 3.96. The molecule has 0 bridgehead atoms. The van der Waals surface area contributed by atoms with Crippen LogP contribution in [0.25, 0.3) is 0 Å². The van der Waals surface area contributed by atoms with Crippen LogP contribution in [0.4, 0.5) is 0 Å². The van der Waals surface area contributed by atoms with Gasteiger partial charge in [0.25, 0.3) is 0 Å². The Balaban J connectivity index is 2.30. The predicted octanol–water partition coefficient (Wildman–Crippen LogP) is 7.19. The molecule has 1 unspecified atom stereocenters. The van der Waals surface area contributed by atoms with E-state index < -0.39 is 5.41 Å². The standard InChI is InChI=1S/C25H29BrO/c1-24(2,3)21-15-18(17-26)23(27)22(16-21)25(4,19-11-7-5-8-12-19)20-13-9-6-10-14-20/h5-14,16,18,27H,15,17H2,1-4H3. The molecule has 0 radical (unpaired) electrons. The van der Waals surface area contributed by atoms with E-state index in [9.17, 15) is 5.11 Å². The average Bonchev–Trinajstić information content (AvgIpc) is 2.68. The van der Waals surface area contributed by atoms with Gasteiger partial charge in [0.05, 0.1) is 0 Å². The average molecular weight is 425 g/mol. The third-order valence-corrected chi connectivity index (χ3v) is 6.62. The lowest BCUT2D eigenvalue weighted by molar-refractivity contribution is 0.312. The van der Waals surface area contributed by atoms with E-state index in [1.807, 2.05) is 12.1 Å². The van der Waals surface area contributed by atoms with Gasteiger partial charge in [0.15, 0.2) is 0 Å². The topological polar surface area (TPSA) is 20.2 Å². The van der Waals surface area contributed by atoms with Crippen LogP contribution in [0.1, 0.15) is 45.2 Å². The summed E-state index contributed by atoms with van der Waals surface area (Å²) in [6.07, 6.45) is 3.15. The van der Waals surface area contributed by atoms with E-state index in [0.717, 1.165) is 17.3 Å². The van der Waals surface area contributed by atoms with Crippen molar-refractivity contribution in [1.82, 2.24) is 0 Å². The van der Waals surface area contributed by atoms with Crippen molar-refractivity contribution in [3.05, 3.63) is 94.8 Å². The molecule has 3 rings (SSSR count). The van der Waals surface area contributed by atoms with Crippen LogP contribution in [-0.2, 0) is 5.41 Å². The van der Waals surface area contributed by atoms with E-state index in [4.69, 9.17) is 0 Å². The van der Waals surface area contributed by atoms with E-state index in [0.29, 0.717) is 5.76 Å². The Morgan fingerprint density at radius 3 is 1.78 bits per heavy atom. The Kier molecular flexibility index (Phi) is 5.67. The third kappa shape index (κ3) is 3.78. The van der Waals surface area contributed by atoms with Gasteiger partial charge in [-0.15, -0.1) is 0 Å². The Morgan fingerprint density at radius 2 is 1.37 bits per heavy atom. The minimum absolute atomic E-state index is 0.0701. The Labute approximate surface area is 172 Å². The Bertz CT molecular complexity index is 801. The molecular weight excluding hydrogens is 396 g/mol. The van der Waals surface area contributed by atoms with Gasteiger partial charge in [-0.2, -0.15) is 0 Å². The number of halogens is 1. The maximum atomic E-state index is 11.3. The van der Waals surface area contributed by atoms with E-state index in [1.54, 1.807) is 0 Å². The summed E-state index contributed by atoms with van der Waals surface area (Å²) < 4.78 is 0. The largest absolute Gasteiger partial charge is 0.512 e. The number of hydrogen-bond donors (Lipinski definition) is 1. The molecule has 0 heterocycles. The highest BCUT2D eigenvalue weighted by Crippen LogP contribution is 2.47. The van der Waals surface area contributed by atoms with Crippen molar-refractivity contribution in [2.24, 2.45) is 11.3 Å². The number of allylic oxidation sites excluding steroid dienone is 4. The van der Waals surface area contributed by atoms with Crippen molar-refractivity contribution >= 4 is 15.9 Å². The highest BCUT2D eigenvalue weighted by molar-refractivity contribution is 9.09. The summed E-state index contributed by atoms with van der Waals surface area (Å²) in [6.45, 7) is 9.00. The zero-order chi connectivity index (χ0) is 19.7. The van der Waals surface area contributed by atoms with Crippen LogP contribution < -0.4 is 0 Å². The van der Waals surface area contributed by atoms with Gasteiger partial charge in [0.2, 0.25) is 0 Å². The fraction of sp³-hybridized carbons (Fsp3) is 0.360. The number of hydrogen-bond acceptors (Lipinski definition) is 1. The minimum atomic E-state index is -0.413. The van der Waals surface area contributed by atoms with Gasteiger partial charge >= 0.3 is 0 Å². The van der Waals surface area contributed by atoms with Gasteiger partial charge < -0.3 is 5.11 Å². The van der Waals surface area contributed by atoms with Gasteiger partial charge in [-0.05, 0) is 29.9 Å². The molecule has 1 N–H and O–H groups in total. The number of alkyl halides is 1. The second-order valence-electron chi connectivity index (χ2n) is 8.63. The predicted molar refractivity (Wildman–Crippen MR) is 118 cm³/mol. The first-order valence-electron chi connectivity index (χ1n) is 9.60. The van der Waals surface area contributed by atoms with Crippen molar-refractivity contribution < 1.29 is 5.11 Å². The zero-order valence-electron chi connectivity index (χ0n) is 16.7. The van der Waals surface area contributed by atoms with Crippen LogP contribution in [0.2, 0.25) is 0 Å². The third-order valence-electron chi connectivity index (χ3n) is 5.84. The lowest BCUT2D eigenvalue weighted by Gasteiger charge is -2.39. The van der Waals surface area contributed by atoms with Gasteiger partial charge in [-0.25, -0.2) is 0 Å². The molecule has 2 aromatic carbocycles. The highest BCUT2D eigenvalue weighted by atomic mass is 79.9. The van der Waals surface area contributed by atoms with Crippen LogP contribution in [0, 0.1) is 11.3 Å². The quantitative estimate of drug-likeness (QED) is 0.514. The molecule has 0 saturated heterocycles. The summed E-state index contributed by atoms with van der Waals surface area (Å²) in [5.74, 6) is 0.612. The minimum Gasteiger partial charge on any atom is -0.512 e. The normalized spacial score (nSPS) is 18.4. The second kappa shape index (κ2) is 7.67. The van der Waals surface area contributed by atoms with Crippen molar-refractivity contribution in [2.75, 3.05) is 5.33 Å². The summed E-state index contributed by atoms with van der Waals surface area (Å²) in [6, 6.07) is 21.0. The lowest BCUT2D eigenvalue weighted by atomic mass is 9.65. The summed E-state index contributed by atoms with van der Waals surface area (Å²) in [4.78, 5) is 0. The van der Waals surface area contributed by atoms with E-state index in [2.05, 4.69) is 98.2 Å². The second-order valence-corrected chi connectivity index (χ2v) is 9.28. The van der Waals surface area contributed by atoms with Crippen LogP contribution in [0.3, 0.4) is 0 Å². The summed E-state index contributed by atoms with van der Waals surface area (Å²) >= 11 is 3.63. The number of benzene rings is 2. The van der Waals surface area contributed by atoms with E-state index in [1.165, 1.54) is 16.7 Å². The van der Waals surface area contributed by atoms with Gasteiger partial charge in [-0.3, -0.25) is 0 Å². The van der Waals surface area contributed by atoms with E-state index >= 15 is 0 Å². The molecule has 27 heavy (non-hydrogen) atoms. The lowest BCUT2D eigenvalue weighted by Crippen LogP contribution is -2.32. The smallest absolute Gasteiger partial charge is 0.101 e. The number of aliphatic hydroxyl groups excluding tert-OH is 1. The molecule has 1 nitrogen and oxygen atoms in total. The van der Waals surface area contributed by atoms with Crippen molar-refractivity contribution in [3.63, 3.8) is 0 Å². The molecular formula is C25H29BrO. The molecule has 0 fully saturated rings. The SMILES string of the molecule is CC(C)(C)C1=CC(C(C)(c2ccccc2)c2ccccc2)=C(O)C(CBr)C1. The Morgan fingerprint density at radius 1 is 0.889 bits per heavy atom. The first-order valence-corrected chi connectivity index (χ1v) is 10.7. The summed E-state index contributed by atoms with van der Waals surface area (Å²) in [5, 5.41) is 12.0. The number of rotatable bonds is 4. The molecule has 0 aromatic heterocycles. The highest BCUT2D eigenvalue weighted by Gasteiger charge is 2.39. The molecule has 2 aromatic rings. The zero-order valence-corrected chi connectivity index (χ0v) is 18.3. The fourth-order valence-corrected chi connectivity index (χ4v) is 4.50. The molecule has 0 saturated carbocycles. The molecule has 0 aliphatic heterocycles. The van der Waals surface area contributed by atoms with Crippen molar-refractivity contribution in [1.29, 1.82) is 0 Å². The van der Waals surface area contributed by atoms with Crippen LogP contribution in [-0.4, -0.2) is 10.4 Å². The monoisotopic (exact) mass is 424 g/mol. The van der Waals surface area contributed by atoms with Gasteiger partial charge in [0, 0.05) is 22.2 Å². The first kappa shape index (κ1) is 19.9.